The Morgan fingerprint density at radius 3 is 2.88 bits per heavy atom. The van der Waals surface area contributed by atoms with Gasteiger partial charge in [0.1, 0.15) is 5.03 Å². The van der Waals surface area contributed by atoms with E-state index in [0.717, 1.165) is 20.0 Å². The Balaban J connectivity index is 2.33. The third kappa shape index (κ3) is 3.22. The number of aromatic nitrogens is 1. The molecule has 2 nitrogen and oxygen atoms in total. The average molecular weight is 331 g/mol. The predicted octanol–water partition coefficient (Wildman–Crippen LogP) is 4.14. The summed E-state index contributed by atoms with van der Waals surface area (Å²) in [5.41, 5.74) is 0.853. The Morgan fingerprint density at radius 1 is 1.35 bits per heavy atom. The number of nitrogens with zero attached hydrogens (tertiary/aromatic N) is 1. The molecule has 0 unspecified atom stereocenters. The average Bonchev–Trinajstić information content (AvgIpc) is 2.34. The van der Waals surface area contributed by atoms with Crippen molar-refractivity contribution in [3.05, 3.63) is 51.6 Å². The van der Waals surface area contributed by atoms with Crippen LogP contribution in [-0.4, -0.2) is 10.1 Å². The zero-order valence-corrected chi connectivity index (χ0v) is 11.9. The van der Waals surface area contributed by atoms with Crippen molar-refractivity contribution in [1.29, 1.82) is 0 Å². The lowest BCUT2D eigenvalue weighted by molar-refractivity contribution is 0.279. The SMILES string of the molecule is OCc1cc(Br)ccc1Sc1ncccc1Cl. The van der Waals surface area contributed by atoms with Gasteiger partial charge in [0.05, 0.1) is 11.6 Å². The molecule has 5 heteroatoms. The van der Waals surface area contributed by atoms with E-state index in [-0.39, 0.29) is 6.61 Å². The minimum Gasteiger partial charge on any atom is -0.392 e. The minimum absolute atomic E-state index is 0.00771. The number of aliphatic hydroxyl groups is 1. The van der Waals surface area contributed by atoms with Gasteiger partial charge in [0.25, 0.3) is 0 Å². The van der Waals surface area contributed by atoms with Crippen molar-refractivity contribution in [1.82, 2.24) is 4.98 Å². The first kappa shape index (κ1) is 12.9. The van der Waals surface area contributed by atoms with Crippen molar-refractivity contribution >= 4 is 39.3 Å². The summed E-state index contributed by atoms with van der Waals surface area (Å²) in [6.07, 6.45) is 1.70. The topological polar surface area (TPSA) is 33.1 Å². The minimum atomic E-state index is -0.00771. The van der Waals surface area contributed by atoms with Crippen molar-refractivity contribution in [2.45, 2.75) is 16.5 Å². The summed E-state index contributed by atoms with van der Waals surface area (Å²) in [5, 5.41) is 10.7. The first-order chi connectivity index (χ1) is 8.20. The molecular formula is C12H9BrClNOS. The van der Waals surface area contributed by atoms with Crippen LogP contribution in [0.5, 0.6) is 0 Å². The van der Waals surface area contributed by atoms with Crippen LogP contribution < -0.4 is 0 Å². The summed E-state index contributed by atoms with van der Waals surface area (Å²) in [6.45, 7) is -0.00771. The van der Waals surface area contributed by atoms with Crippen LogP contribution in [0.4, 0.5) is 0 Å². The van der Waals surface area contributed by atoms with Crippen LogP contribution >= 0.6 is 39.3 Å². The molecule has 0 aliphatic carbocycles. The van der Waals surface area contributed by atoms with Crippen molar-refractivity contribution in [2.75, 3.05) is 0 Å². The van der Waals surface area contributed by atoms with Crippen molar-refractivity contribution in [3.8, 4) is 0 Å². The summed E-state index contributed by atoms with van der Waals surface area (Å²) in [7, 11) is 0. The summed E-state index contributed by atoms with van der Waals surface area (Å²) >= 11 is 10.9. The van der Waals surface area contributed by atoms with Crippen LogP contribution in [0.25, 0.3) is 0 Å². The van der Waals surface area contributed by atoms with Gasteiger partial charge in [-0.25, -0.2) is 4.98 Å². The van der Waals surface area contributed by atoms with Gasteiger partial charge in [0, 0.05) is 15.6 Å². The van der Waals surface area contributed by atoms with Gasteiger partial charge in [0.15, 0.2) is 0 Å². The maximum absolute atomic E-state index is 9.30. The van der Waals surface area contributed by atoms with Crippen LogP contribution in [-0.2, 0) is 6.61 Å². The molecule has 0 spiro atoms. The highest BCUT2D eigenvalue weighted by atomic mass is 79.9. The second kappa shape index (κ2) is 5.87. The smallest absolute Gasteiger partial charge is 0.119 e. The fraction of sp³-hybridized carbons (Fsp3) is 0.0833. The number of pyridine rings is 1. The largest absolute Gasteiger partial charge is 0.392 e. The molecule has 2 aromatic rings. The monoisotopic (exact) mass is 329 g/mol. The van der Waals surface area contributed by atoms with E-state index < -0.39 is 0 Å². The van der Waals surface area contributed by atoms with Gasteiger partial charge in [-0.15, -0.1) is 0 Å². The van der Waals surface area contributed by atoms with Gasteiger partial charge in [0.2, 0.25) is 0 Å². The molecule has 88 valence electrons. The van der Waals surface area contributed by atoms with E-state index in [9.17, 15) is 5.11 Å². The highest BCUT2D eigenvalue weighted by molar-refractivity contribution is 9.10. The molecule has 2 rings (SSSR count). The number of hydrogen-bond acceptors (Lipinski definition) is 3. The molecular weight excluding hydrogens is 322 g/mol. The standard InChI is InChI=1S/C12H9BrClNOS/c13-9-3-4-11(8(6-9)7-16)17-12-10(14)2-1-5-15-12/h1-6,16H,7H2. The maximum Gasteiger partial charge on any atom is 0.119 e. The Hall–Kier alpha value is -0.550. The molecule has 1 aromatic carbocycles. The van der Waals surface area contributed by atoms with E-state index >= 15 is 0 Å². The first-order valence-corrected chi connectivity index (χ1v) is 6.87. The van der Waals surface area contributed by atoms with Crippen molar-refractivity contribution in [3.63, 3.8) is 0 Å². The van der Waals surface area contributed by atoms with Crippen LogP contribution in [0.2, 0.25) is 5.02 Å². The van der Waals surface area contributed by atoms with Crippen LogP contribution in [0.3, 0.4) is 0 Å². The Morgan fingerprint density at radius 2 is 2.18 bits per heavy atom. The number of benzene rings is 1. The number of rotatable bonds is 3. The molecule has 0 aliphatic heterocycles. The second-order valence-corrected chi connectivity index (χ2v) is 5.66. The zero-order valence-electron chi connectivity index (χ0n) is 8.73. The van der Waals surface area contributed by atoms with Crippen LogP contribution in [0.15, 0.2) is 50.9 Å². The lowest BCUT2D eigenvalue weighted by Gasteiger charge is -2.07. The van der Waals surface area contributed by atoms with E-state index in [0.29, 0.717) is 5.02 Å². The third-order valence-corrected chi connectivity index (χ3v) is 4.17. The van der Waals surface area contributed by atoms with Gasteiger partial charge in [-0.05, 0) is 35.9 Å². The third-order valence-electron chi connectivity index (χ3n) is 2.12. The van der Waals surface area contributed by atoms with Gasteiger partial charge in [-0.2, -0.15) is 0 Å². The van der Waals surface area contributed by atoms with Gasteiger partial charge in [-0.1, -0.05) is 39.3 Å². The van der Waals surface area contributed by atoms with E-state index in [1.54, 1.807) is 18.3 Å². The van der Waals surface area contributed by atoms with E-state index in [1.807, 2.05) is 18.2 Å². The van der Waals surface area contributed by atoms with Crippen molar-refractivity contribution in [2.24, 2.45) is 0 Å². The molecule has 0 saturated heterocycles. The highest BCUT2D eigenvalue weighted by Gasteiger charge is 2.08. The molecule has 1 aromatic heterocycles. The van der Waals surface area contributed by atoms with E-state index in [2.05, 4.69) is 20.9 Å². The van der Waals surface area contributed by atoms with Crippen molar-refractivity contribution < 1.29 is 5.11 Å². The molecule has 0 amide bonds. The quantitative estimate of drug-likeness (QED) is 0.918. The van der Waals surface area contributed by atoms with Gasteiger partial charge in [-0.3, -0.25) is 0 Å². The molecule has 0 atom stereocenters. The van der Waals surface area contributed by atoms with Crippen LogP contribution in [0, 0.1) is 0 Å². The van der Waals surface area contributed by atoms with Gasteiger partial charge >= 0.3 is 0 Å². The fourth-order valence-electron chi connectivity index (χ4n) is 1.32. The summed E-state index contributed by atoms with van der Waals surface area (Å²) in [5.74, 6) is 0. The molecule has 17 heavy (non-hydrogen) atoms. The molecule has 1 N–H and O–H groups in total. The number of aliphatic hydroxyl groups excluding tert-OH is 1. The Kier molecular flexibility index (Phi) is 4.45. The molecule has 0 aliphatic rings. The van der Waals surface area contributed by atoms with E-state index in [4.69, 9.17) is 11.6 Å². The summed E-state index contributed by atoms with van der Waals surface area (Å²) in [6, 6.07) is 9.35. The normalized spacial score (nSPS) is 10.5. The molecule has 0 radical (unpaired) electrons. The number of hydrogen-bond donors (Lipinski definition) is 1. The van der Waals surface area contributed by atoms with Crippen LogP contribution in [0.1, 0.15) is 5.56 Å². The Labute approximate surface area is 117 Å². The Bertz CT molecular complexity index is 536. The summed E-state index contributed by atoms with van der Waals surface area (Å²) in [4.78, 5) is 5.16. The molecule has 0 saturated carbocycles. The molecule has 0 bridgehead atoms. The van der Waals surface area contributed by atoms with E-state index in [1.165, 1.54) is 11.8 Å². The number of halogens is 2. The maximum atomic E-state index is 9.30. The predicted molar refractivity (Wildman–Crippen MR) is 73.4 cm³/mol. The first-order valence-electron chi connectivity index (χ1n) is 4.88. The zero-order chi connectivity index (χ0) is 12.3. The lowest BCUT2D eigenvalue weighted by Crippen LogP contribution is -1.89. The molecule has 1 heterocycles. The molecule has 0 fully saturated rings. The summed E-state index contributed by atoms with van der Waals surface area (Å²) < 4.78 is 0.943. The lowest BCUT2D eigenvalue weighted by atomic mass is 10.2. The van der Waals surface area contributed by atoms with Gasteiger partial charge < -0.3 is 5.11 Å². The fourth-order valence-corrected chi connectivity index (χ4v) is 2.85. The second-order valence-electron chi connectivity index (χ2n) is 3.30. The highest BCUT2D eigenvalue weighted by Crippen LogP contribution is 2.34.